The van der Waals surface area contributed by atoms with Crippen molar-refractivity contribution >= 4 is 28.7 Å². The second-order valence-corrected chi connectivity index (χ2v) is 7.87. The molecule has 0 unspecified atom stereocenters. The first kappa shape index (κ1) is 20.4. The molecule has 1 saturated carbocycles. The highest BCUT2D eigenvalue weighted by Crippen LogP contribution is 2.35. The van der Waals surface area contributed by atoms with Crippen molar-refractivity contribution in [1.29, 1.82) is 0 Å². The lowest BCUT2D eigenvalue weighted by Crippen LogP contribution is -2.25. The van der Waals surface area contributed by atoms with Crippen LogP contribution in [0.5, 0.6) is 11.5 Å². The molecule has 2 aromatic carbocycles. The number of phenols is 1. The molecule has 0 bridgehead atoms. The fraction of sp³-hybridized carbons (Fsp3) is 0.348. The Morgan fingerprint density at radius 2 is 2.03 bits per heavy atom. The summed E-state index contributed by atoms with van der Waals surface area (Å²) in [5, 5.41) is 15.2. The maximum absolute atomic E-state index is 13.2. The van der Waals surface area contributed by atoms with Gasteiger partial charge in [0.25, 0.3) is 5.56 Å². The quantitative estimate of drug-likeness (QED) is 0.578. The lowest BCUT2D eigenvalue weighted by Gasteiger charge is -2.22. The molecule has 156 valence electrons. The van der Waals surface area contributed by atoms with Gasteiger partial charge in [0, 0.05) is 5.92 Å². The summed E-state index contributed by atoms with van der Waals surface area (Å²) in [6.45, 7) is 2.22. The minimum atomic E-state index is -0.188. The van der Waals surface area contributed by atoms with Gasteiger partial charge in [0.1, 0.15) is 5.82 Å². The summed E-state index contributed by atoms with van der Waals surface area (Å²) in [7, 11) is 0. The van der Waals surface area contributed by atoms with E-state index >= 15 is 0 Å². The Morgan fingerprint density at radius 1 is 1.27 bits per heavy atom. The van der Waals surface area contributed by atoms with Crippen molar-refractivity contribution in [2.24, 2.45) is 5.10 Å². The summed E-state index contributed by atoms with van der Waals surface area (Å²) in [5.41, 5.74) is 1.13. The number of aromatic hydroxyl groups is 1. The Morgan fingerprint density at radius 3 is 2.80 bits per heavy atom. The Labute approximate surface area is 179 Å². The molecule has 1 fully saturated rings. The van der Waals surface area contributed by atoms with E-state index in [0.29, 0.717) is 28.9 Å². The van der Waals surface area contributed by atoms with E-state index in [-0.39, 0.29) is 28.0 Å². The Balaban J connectivity index is 1.81. The normalized spacial score (nSPS) is 15.1. The molecular weight excluding hydrogens is 402 g/mol. The van der Waals surface area contributed by atoms with E-state index in [1.165, 1.54) is 11.1 Å². The van der Waals surface area contributed by atoms with E-state index < -0.39 is 0 Å². The van der Waals surface area contributed by atoms with Crippen LogP contribution in [0.15, 0.2) is 46.3 Å². The third-order valence-electron chi connectivity index (χ3n) is 5.42. The van der Waals surface area contributed by atoms with Crippen molar-refractivity contribution in [2.75, 3.05) is 6.61 Å². The number of nitrogens with zero attached hydrogens (tertiary/aromatic N) is 3. The first-order valence-electron chi connectivity index (χ1n) is 10.3. The number of para-hydroxylation sites is 1. The Bertz CT molecular complexity index is 1150. The molecule has 0 radical (unpaired) electrons. The number of phenolic OH excluding ortho intramolecular Hbond substituents is 1. The Kier molecular flexibility index (Phi) is 6.04. The number of ether oxygens (including phenoxy) is 1. The van der Waals surface area contributed by atoms with Gasteiger partial charge in [-0.2, -0.15) is 9.78 Å². The predicted octanol–water partition coefficient (Wildman–Crippen LogP) is 5.08. The number of rotatable bonds is 5. The second-order valence-electron chi connectivity index (χ2n) is 7.47. The van der Waals surface area contributed by atoms with Crippen LogP contribution in [0.2, 0.25) is 5.02 Å². The van der Waals surface area contributed by atoms with Crippen molar-refractivity contribution in [2.45, 2.75) is 44.9 Å². The van der Waals surface area contributed by atoms with Gasteiger partial charge in [0.15, 0.2) is 11.5 Å². The molecule has 0 spiro atoms. The van der Waals surface area contributed by atoms with E-state index in [9.17, 15) is 9.90 Å². The molecule has 1 aromatic heterocycles. The third-order valence-corrected chi connectivity index (χ3v) is 5.71. The fourth-order valence-corrected chi connectivity index (χ4v) is 4.15. The molecule has 3 aromatic rings. The van der Waals surface area contributed by atoms with Gasteiger partial charge in [-0.05, 0) is 49.6 Å². The van der Waals surface area contributed by atoms with Crippen LogP contribution >= 0.6 is 11.6 Å². The minimum Gasteiger partial charge on any atom is -0.503 e. The Hall–Kier alpha value is -2.86. The summed E-state index contributed by atoms with van der Waals surface area (Å²) in [6.07, 6.45) is 7.02. The van der Waals surface area contributed by atoms with Crippen LogP contribution in [-0.2, 0) is 0 Å². The van der Waals surface area contributed by atoms with E-state index in [1.54, 1.807) is 24.4 Å². The molecule has 0 saturated heterocycles. The molecule has 0 amide bonds. The standard InChI is InChI=1S/C23H24ClN3O3/c1-2-30-20-13-15(12-18(24)21(20)28)14-25-27-22(16-8-4-3-5-9-16)26-19-11-7-6-10-17(19)23(27)29/h6-7,10-14,16,28H,2-5,8-9H2,1H3. The molecule has 30 heavy (non-hydrogen) atoms. The summed E-state index contributed by atoms with van der Waals surface area (Å²) in [6, 6.07) is 10.6. The highest BCUT2D eigenvalue weighted by atomic mass is 35.5. The number of benzene rings is 2. The van der Waals surface area contributed by atoms with Gasteiger partial charge in [-0.1, -0.05) is 43.0 Å². The van der Waals surface area contributed by atoms with Crippen LogP contribution in [0.4, 0.5) is 0 Å². The van der Waals surface area contributed by atoms with Gasteiger partial charge in [0.2, 0.25) is 0 Å². The van der Waals surface area contributed by atoms with Crippen molar-refractivity contribution in [3.05, 3.63) is 63.2 Å². The second kappa shape index (κ2) is 8.88. The fourth-order valence-electron chi connectivity index (χ4n) is 3.94. The van der Waals surface area contributed by atoms with Crippen LogP contribution < -0.4 is 10.3 Å². The van der Waals surface area contributed by atoms with Crippen molar-refractivity contribution in [3.63, 3.8) is 0 Å². The highest BCUT2D eigenvalue weighted by Gasteiger charge is 2.22. The first-order valence-corrected chi connectivity index (χ1v) is 10.7. The van der Waals surface area contributed by atoms with Gasteiger partial charge in [0.05, 0.1) is 28.7 Å². The van der Waals surface area contributed by atoms with E-state index in [2.05, 4.69) is 5.10 Å². The zero-order valence-electron chi connectivity index (χ0n) is 16.8. The number of hydrogen-bond donors (Lipinski definition) is 1. The summed E-state index contributed by atoms with van der Waals surface area (Å²) < 4.78 is 6.85. The van der Waals surface area contributed by atoms with Crippen molar-refractivity contribution in [3.8, 4) is 11.5 Å². The number of hydrogen-bond acceptors (Lipinski definition) is 5. The van der Waals surface area contributed by atoms with Gasteiger partial charge in [-0.15, -0.1) is 0 Å². The van der Waals surface area contributed by atoms with Crippen molar-refractivity contribution < 1.29 is 9.84 Å². The van der Waals surface area contributed by atoms with E-state index in [4.69, 9.17) is 21.3 Å². The van der Waals surface area contributed by atoms with E-state index in [1.807, 2.05) is 25.1 Å². The topological polar surface area (TPSA) is 76.7 Å². The zero-order chi connectivity index (χ0) is 21.1. The third kappa shape index (κ3) is 4.05. The lowest BCUT2D eigenvalue weighted by atomic mass is 9.88. The highest BCUT2D eigenvalue weighted by molar-refractivity contribution is 6.32. The van der Waals surface area contributed by atoms with Gasteiger partial charge < -0.3 is 9.84 Å². The molecule has 6 nitrogen and oxygen atoms in total. The summed E-state index contributed by atoms with van der Waals surface area (Å²) >= 11 is 6.13. The number of halogens is 1. The monoisotopic (exact) mass is 425 g/mol. The molecule has 1 aliphatic rings. The molecule has 0 atom stereocenters. The maximum Gasteiger partial charge on any atom is 0.282 e. The molecule has 1 aliphatic carbocycles. The van der Waals surface area contributed by atoms with Crippen LogP contribution in [0.1, 0.15) is 56.3 Å². The van der Waals surface area contributed by atoms with Crippen LogP contribution in [0.25, 0.3) is 10.9 Å². The molecule has 4 rings (SSSR count). The molecular formula is C23H24ClN3O3. The van der Waals surface area contributed by atoms with Crippen LogP contribution in [0.3, 0.4) is 0 Å². The van der Waals surface area contributed by atoms with E-state index in [0.717, 1.165) is 25.7 Å². The van der Waals surface area contributed by atoms with Crippen LogP contribution in [0, 0.1) is 0 Å². The molecule has 0 aliphatic heterocycles. The minimum absolute atomic E-state index is 0.108. The molecule has 1 N–H and O–H groups in total. The first-order chi connectivity index (χ1) is 14.6. The predicted molar refractivity (Wildman–Crippen MR) is 119 cm³/mol. The average Bonchev–Trinajstić information content (AvgIpc) is 2.77. The summed E-state index contributed by atoms with van der Waals surface area (Å²) in [5.74, 6) is 1.08. The zero-order valence-corrected chi connectivity index (χ0v) is 17.6. The number of aromatic nitrogens is 2. The number of fused-ring (bicyclic) bond motifs is 1. The summed E-state index contributed by atoms with van der Waals surface area (Å²) in [4.78, 5) is 18.0. The molecule has 1 heterocycles. The van der Waals surface area contributed by atoms with Gasteiger partial charge >= 0.3 is 0 Å². The lowest BCUT2D eigenvalue weighted by molar-refractivity contribution is 0.318. The largest absolute Gasteiger partial charge is 0.503 e. The van der Waals surface area contributed by atoms with Crippen molar-refractivity contribution in [1.82, 2.24) is 9.66 Å². The molecule has 7 heteroatoms. The van der Waals surface area contributed by atoms with Crippen LogP contribution in [-0.4, -0.2) is 27.6 Å². The van der Waals surface area contributed by atoms with Gasteiger partial charge in [-0.3, -0.25) is 4.79 Å². The van der Waals surface area contributed by atoms with Gasteiger partial charge in [-0.25, -0.2) is 4.98 Å². The maximum atomic E-state index is 13.2. The SMILES string of the molecule is CCOc1cc(C=Nn2c(C3CCCCC3)nc3ccccc3c2=O)cc(Cl)c1O. The smallest absolute Gasteiger partial charge is 0.282 e. The average molecular weight is 426 g/mol.